The minimum atomic E-state index is -0.0242. The van der Waals surface area contributed by atoms with E-state index in [1.807, 2.05) is 6.07 Å². The molecule has 1 aliphatic rings. The topological polar surface area (TPSA) is 22.0 Å². The molecule has 1 aliphatic carbocycles. The van der Waals surface area contributed by atoms with Crippen molar-refractivity contribution >= 4 is 27.6 Å². The van der Waals surface area contributed by atoms with Crippen LogP contribution in [0.15, 0.2) is 54.6 Å². The van der Waals surface area contributed by atoms with Crippen LogP contribution >= 0.6 is 0 Å². The number of fused-ring (bicyclic) bond motifs is 6. The number of Topliss-reactive ketones (excluding diaryl/α,β-unsaturated/α-hetero) is 1. The van der Waals surface area contributed by atoms with Crippen LogP contribution in [0.25, 0.3) is 32.9 Å². The van der Waals surface area contributed by atoms with Crippen molar-refractivity contribution in [2.75, 3.05) is 0 Å². The summed E-state index contributed by atoms with van der Waals surface area (Å²) in [6, 6.07) is 19.7. The molecule has 140 valence electrons. The molecule has 0 N–H and O–H groups in total. The highest BCUT2D eigenvalue weighted by molar-refractivity contribution is 6.10. The van der Waals surface area contributed by atoms with E-state index >= 15 is 0 Å². The summed E-state index contributed by atoms with van der Waals surface area (Å²) in [5, 5.41) is 2.65. The van der Waals surface area contributed by atoms with Gasteiger partial charge in [-0.3, -0.25) is 4.79 Å². The lowest BCUT2D eigenvalue weighted by Gasteiger charge is -2.25. The van der Waals surface area contributed by atoms with E-state index in [0.717, 1.165) is 18.5 Å². The zero-order valence-corrected chi connectivity index (χ0v) is 17.0. The number of benzene rings is 3. The quantitative estimate of drug-likeness (QED) is 0.369. The summed E-state index contributed by atoms with van der Waals surface area (Å²) in [4.78, 5) is 12.0. The third-order valence-corrected chi connectivity index (χ3v) is 6.84. The van der Waals surface area contributed by atoms with Crippen molar-refractivity contribution in [1.29, 1.82) is 0 Å². The van der Waals surface area contributed by atoms with Gasteiger partial charge in [-0.05, 0) is 66.8 Å². The molecule has 1 aromatic heterocycles. The number of carbonyl (C=O) groups is 1. The Morgan fingerprint density at radius 3 is 2.36 bits per heavy atom. The van der Waals surface area contributed by atoms with Crippen LogP contribution in [0.1, 0.15) is 55.6 Å². The number of rotatable bonds is 3. The predicted molar refractivity (Wildman–Crippen MR) is 117 cm³/mol. The fourth-order valence-electron chi connectivity index (χ4n) is 5.11. The smallest absolute Gasteiger partial charge is 0.159 e. The molecule has 2 heteroatoms. The number of carbonyl (C=O) groups excluding carboxylic acids is 1. The predicted octanol–water partition coefficient (Wildman–Crippen LogP) is 6.71. The Kier molecular flexibility index (Phi) is 3.58. The third kappa shape index (κ3) is 2.06. The molecule has 0 aliphatic heterocycles. The van der Waals surface area contributed by atoms with E-state index in [9.17, 15) is 4.79 Å². The molecule has 5 rings (SSSR count). The van der Waals surface area contributed by atoms with E-state index in [2.05, 4.69) is 73.9 Å². The molecule has 0 bridgehead atoms. The molecule has 3 aromatic carbocycles. The van der Waals surface area contributed by atoms with Gasteiger partial charge in [0.1, 0.15) is 0 Å². The van der Waals surface area contributed by atoms with E-state index in [1.165, 1.54) is 44.1 Å². The fraction of sp³-hybridized carbons (Fsp3) is 0.269. The Balaban J connectivity index is 1.92. The summed E-state index contributed by atoms with van der Waals surface area (Å²) < 4.78 is 2.40. The van der Waals surface area contributed by atoms with E-state index in [0.29, 0.717) is 0 Å². The van der Waals surface area contributed by atoms with Crippen molar-refractivity contribution < 1.29 is 4.79 Å². The summed E-state index contributed by atoms with van der Waals surface area (Å²) in [6.07, 6.45) is 1.03. The molecule has 2 nitrogen and oxygen atoms in total. The number of aryl methyl sites for hydroxylation is 1. The molecule has 0 amide bonds. The molecule has 0 saturated carbocycles. The van der Waals surface area contributed by atoms with Crippen molar-refractivity contribution in [2.24, 2.45) is 0 Å². The number of aromatic nitrogens is 1. The van der Waals surface area contributed by atoms with E-state index in [-0.39, 0.29) is 11.2 Å². The van der Waals surface area contributed by atoms with Crippen LogP contribution in [-0.2, 0) is 12.0 Å². The van der Waals surface area contributed by atoms with Crippen LogP contribution in [0.2, 0.25) is 0 Å². The van der Waals surface area contributed by atoms with Crippen molar-refractivity contribution in [2.45, 2.75) is 46.1 Å². The Morgan fingerprint density at radius 1 is 0.893 bits per heavy atom. The highest BCUT2D eigenvalue weighted by Crippen LogP contribution is 2.52. The van der Waals surface area contributed by atoms with E-state index in [4.69, 9.17) is 0 Å². The van der Waals surface area contributed by atoms with Gasteiger partial charge in [0.25, 0.3) is 0 Å². The van der Waals surface area contributed by atoms with Gasteiger partial charge in [-0.25, -0.2) is 0 Å². The van der Waals surface area contributed by atoms with Crippen molar-refractivity contribution in [3.63, 3.8) is 0 Å². The van der Waals surface area contributed by atoms with Gasteiger partial charge in [0, 0.05) is 39.3 Å². The fourth-order valence-corrected chi connectivity index (χ4v) is 5.11. The molecule has 28 heavy (non-hydrogen) atoms. The van der Waals surface area contributed by atoms with Gasteiger partial charge >= 0.3 is 0 Å². The maximum absolute atomic E-state index is 12.0. The average Bonchev–Trinajstić information content (AvgIpc) is 3.16. The van der Waals surface area contributed by atoms with E-state index < -0.39 is 0 Å². The molecular formula is C26H25NO. The van der Waals surface area contributed by atoms with Crippen molar-refractivity contribution in [3.8, 4) is 11.1 Å². The molecule has 0 fully saturated rings. The number of para-hydroxylation sites is 1. The molecular weight excluding hydrogens is 342 g/mol. The SMILES string of the molecule is CCn1c2ccccc2c2cc3c(cc21)-c1cc(C(C)=O)ccc1C3(C)CC. The van der Waals surface area contributed by atoms with Crippen molar-refractivity contribution in [3.05, 3.63) is 71.3 Å². The van der Waals surface area contributed by atoms with Gasteiger partial charge < -0.3 is 4.57 Å². The van der Waals surface area contributed by atoms with Gasteiger partial charge in [0.05, 0.1) is 0 Å². The first-order chi connectivity index (χ1) is 13.5. The summed E-state index contributed by atoms with van der Waals surface area (Å²) in [5.41, 5.74) is 8.58. The molecule has 1 unspecified atom stereocenters. The largest absolute Gasteiger partial charge is 0.341 e. The standard InChI is InChI=1S/C26H25NO/c1-5-26(4)22-12-11-17(16(3)28)13-19(22)20-15-25-21(14-23(20)26)18-9-7-8-10-24(18)27(25)6-2/h7-15H,5-6H2,1-4H3. The minimum absolute atomic E-state index is 0.0242. The second-order valence-electron chi connectivity index (χ2n) is 8.18. The molecule has 4 aromatic rings. The lowest BCUT2D eigenvalue weighted by Crippen LogP contribution is -2.19. The van der Waals surface area contributed by atoms with Gasteiger partial charge in [0.2, 0.25) is 0 Å². The maximum Gasteiger partial charge on any atom is 0.159 e. The molecule has 0 radical (unpaired) electrons. The molecule has 0 saturated heterocycles. The summed E-state index contributed by atoms with van der Waals surface area (Å²) >= 11 is 0. The van der Waals surface area contributed by atoms with E-state index in [1.54, 1.807) is 6.92 Å². The van der Waals surface area contributed by atoms with Crippen LogP contribution < -0.4 is 0 Å². The number of ketones is 1. The first kappa shape index (κ1) is 17.2. The molecule has 1 atom stereocenters. The molecule has 0 spiro atoms. The highest BCUT2D eigenvalue weighted by Gasteiger charge is 2.38. The second kappa shape index (κ2) is 5.81. The Bertz CT molecular complexity index is 1280. The van der Waals surface area contributed by atoms with Crippen LogP contribution in [-0.4, -0.2) is 10.4 Å². The Hall–Kier alpha value is -2.87. The van der Waals surface area contributed by atoms with Gasteiger partial charge in [-0.15, -0.1) is 0 Å². The zero-order chi connectivity index (χ0) is 19.6. The normalized spacial score (nSPS) is 17.9. The lowest BCUT2D eigenvalue weighted by atomic mass is 9.77. The zero-order valence-electron chi connectivity index (χ0n) is 17.0. The maximum atomic E-state index is 12.0. The highest BCUT2D eigenvalue weighted by atomic mass is 16.1. The summed E-state index contributed by atoms with van der Waals surface area (Å²) in [7, 11) is 0. The minimum Gasteiger partial charge on any atom is -0.341 e. The third-order valence-electron chi connectivity index (χ3n) is 6.84. The average molecular weight is 367 g/mol. The second-order valence-corrected chi connectivity index (χ2v) is 8.18. The number of nitrogens with zero attached hydrogens (tertiary/aromatic N) is 1. The number of hydrogen-bond donors (Lipinski definition) is 0. The Labute approximate surface area is 165 Å². The lowest BCUT2D eigenvalue weighted by molar-refractivity contribution is 0.101. The monoisotopic (exact) mass is 367 g/mol. The van der Waals surface area contributed by atoms with Crippen LogP contribution in [0, 0.1) is 0 Å². The van der Waals surface area contributed by atoms with Crippen molar-refractivity contribution in [1.82, 2.24) is 4.57 Å². The van der Waals surface area contributed by atoms with Gasteiger partial charge in [-0.2, -0.15) is 0 Å². The Morgan fingerprint density at radius 2 is 1.64 bits per heavy atom. The first-order valence-corrected chi connectivity index (χ1v) is 10.2. The van der Waals surface area contributed by atoms with Gasteiger partial charge in [0.15, 0.2) is 5.78 Å². The summed E-state index contributed by atoms with van der Waals surface area (Å²) in [6.45, 7) is 9.40. The summed E-state index contributed by atoms with van der Waals surface area (Å²) in [5.74, 6) is 0.123. The first-order valence-electron chi connectivity index (χ1n) is 10.2. The van der Waals surface area contributed by atoms with Crippen LogP contribution in [0.3, 0.4) is 0 Å². The number of hydrogen-bond acceptors (Lipinski definition) is 1. The molecule has 1 heterocycles. The van der Waals surface area contributed by atoms with Crippen LogP contribution in [0.5, 0.6) is 0 Å². The van der Waals surface area contributed by atoms with Crippen LogP contribution in [0.4, 0.5) is 0 Å². The van der Waals surface area contributed by atoms with Gasteiger partial charge in [-0.1, -0.05) is 44.2 Å².